The van der Waals surface area contributed by atoms with Gasteiger partial charge in [-0.1, -0.05) is 25.5 Å². The average molecular weight is 336 g/mol. The second kappa shape index (κ2) is 7.09. The lowest BCUT2D eigenvalue weighted by Gasteiger charge is -2.08. The minimum absolute atomic E-state index is 0.0423. The maximum atomic E-state index is 12.0. The molecule has 4 nitrogen and oxygen atoms in total. The average Bonchev–Trinajstić information content (AvgIpc) is 2.98. The summed E-state index contributed by atoms with van der Waals surface area (Å²) in [4.78, 5) is 16.6. The molecule has 0 saturated heterocycles. The van der Waals surface area contributed by atoms with Gasteiger partial charge in [0.15, 0.2) is 5.58 Å². The minimum atomic E-state index is 0.0423. The van der Waals surface area contributed by atoms with E-state index in [0.717, 1.165) is 46.3 Å². The zero-order valence-electron chi connectivity index (χ0n) is 15.3. The Balaban J connectivity index is 1.95. The number of nitrogens with zero attached hydrogens (tertiary/aromatic N) is 1. The number of anilines is 1. The highest BCUT2D eigenvalue weighted by Gasteiger charge is 2.14. The summed E-state index contributed by atoms with van der Waals surface area (Å²) >= 11 is 0. The number of rotatable bonds is 5. The first kappa shape index (κ1) is 17.2. The molecular formula is C21H24N2O2. The Morgan fingerprint density at radius 3 is 2.68 bits per heavy atom. The Morgan fingerprint density at radius 1 is 1.12 bits per heavy atom. The predicted molar refractivity (Wildman–Crippen MR) is 102 cm³/mol. The van der Waals surface area contributed by atoms with Crippen LogP contribution in [0.5, 0.6) is 0 Å². The topological polar surface area (TPSA) is 55.1 Å². The molecule has 0 spiro atoms. The van der Waals surface area contributed by atoms with E-state index >= 15 is 0 Å². The molecule has 1 amide bonds. The molecule has 0 aliphatic heterocycles. The quantitative estimate of drug-likeness (QED) is 0.664. The summed E-state index contributed by atoms with van der Waals surface area (Å²) in [6, 6.07) is 9.96. The molecule has 1 heterocycles. The third kappa shape index (κ3) is 3.73. The van der Waals surface area contributed by atoms with Gasteiger partial charge in [0.25, 0.3) is 0 Å². The zero-order chi connectivity index (χ0) is 18.0. The lowest BCUT2D eigenvalue weighted by atomic mass is 10.1. The van der Waals surface area contributed by atoms with E-state index in [4.69, 9.17) is 4.42 Å². The summed E-state index contributed by atoms with van der Waals surface area (Å²) in [6.07, 6.45) is 2.45. The molecule has 0 atom stereocenters. The smallest absolute Gasteiger partial charge is 0.227 e. The standard InChI is InChI=1S/C21H24N2O2/c1-5-6-7-19(24)22-16-9-8-14(3)17(12-16)21-23-18-11-13(2)10-15(4)20(18)25-21/h8-12H,5-7H2,1-4H3,(H,22,24). The molecule has 1 aromatic heterocycles. The number of aryl methyl sites for hydroxylation is 3. The number of hydrogen-bond acceptors (Lipinski definition) is 3. The van der Waals surface area contributed by atoms with Crippen molar-refractivity contribution in [3.63, 3.8) is 0 Å². The van der Waals surface area contributed by atoms with Crippen molar-refractivity contribution in [3.8, 4) is 11.5 Å². The number of unbranched alkanes of at least 4 members (excludes halogenated alkanes) is 1. The lowest BCUT2D eigenvalue weighted by Crippen LogP contribution is -2.11. The Morgan fingerprint density at radius 2 is 1.92 bits per heavy atom. The first-order chi connectivity index (χ1) is 12.0. The fraction of sp³-hybridized carbons (Fsp3) is 0.333. The Bertz CT molecular complexity index is 925. The molecule has 25 heavy (non-hydrogen) atoms. The highest BCUT2D eigenvalue weighted by Crippen LogP contribution is 2.31. The van der Waals surface area contributed by atoms with Crippen LogP contribution in [0.25, 0.3) is 22.6 Å². The third-order valence-corrected chi connectivity index (χ3v) is 4.33. The van der Waals surface area contributed by atoms with Gasteiger partial charge >= 0.3 is 0 Å². The van der Waals surface area contributed by atoms with Crippen molar-refractivity contribution >= 4 is 22.7 Å². The van der Waals surface area contributed by atoms with Gasteiger partial charge in [0.05, 0.1) is 0 Å². The van der Waals surface area contributed by atoms with Crippen LogP contribution in [-0.4, -0.2) is 10.9 Å². The number of carbonyl (C=O) groups is 1. The molecule has 1 N–H and O–H groups in total. The summed E-state index contributed by atoms with van der Waals surface area (Å²) in [5.74, 6) is 0.631. The van der Waals surface area contributed by atoms with Gasteiger partial charge in [0.1, 0.15) is 5.52 Å². The lowest BCUT2D eigenvalue weighted by molar-refractivity contribution is -0.116. The highest BCUT2D eigenvalue weighted by molar-refractivity contribution is 5.91. The molecule has 0 bridgehead atoms. The summed E-state index contributed by atoms with van der Waals surface area (Å²) < 4.78 is 6.02. The van der Waals surface area contributed by atoms with Crippen molar-refractivity contribution in [2.45, 2.75) is 47.0 Å². The van der Waals surface area contributed by atoms with Gasteiger partial charge in [-0.05, 0) is 62.1 Å². The number of nitrogens with one attached hydrogen (secondary N) is 1. The summed E-state index contributed by atoms with van der Waals surface area (Å²) in [6.45, 7) is 8.18. The number of benzene rings is 2. The van der Waals surface area contributed by atoms with Crippen molar-refractivity contribution in [2.24, 2.45) is 0 Å². The molecule has 0 aliphatic carbocycles. The van der Waals surface area contributed by atoms with Crippen LogP contribution in [-0.2, 0) is 4.79 Å². The van der Waals surface area contributed by atoms with Crippen molar-refractivity contribution < 1.29 is 9.21 Å². The summed E-state index contributed by atoms with van der Waals surface area (Å²) in [5.41, 5.74) is 6.67. The molecule has 0 radical (unpaired) electrons. The van der Waals surface area contributed by atoms with E-state index < -0.39 is 0 Å². The number of oxazole rings is 1. The van der Waals surface area contributed by atoms with E-state index in [1.54, 1.807) is 0 Å². The van der Waals surface area contributed by atoms with E-state index in [1.165, 1.54) is 5.56 Å². The van der Waals surface area contributed by atoms with Crippen LogP contribution in [0.1, 0.15) is 42.9 Å². The van der Waals surface area contributed by atoms with Gasteiger partial charge in [-0.15, -0.1) is 0 Å². The van der Waals surface area contributed by atoms with Crippen LogP contribution < -0.4 is 5.32 Å². The second-order valence-electron chi connectivity index (χ2n) is 6.63. The predicted octanol–water partition coefficient (Wildman–Crippen LogP) is 5.55. The van der Waals surface area contributed by atoms with Crippen LogP contribution in [0.2, 0.25) is 0 Å². The van der Waals surface area contributed by atoms with E-state index in [9.17, 15) is 4.79 Å². The molecule has 3 aromatic rings. The van der Waals surface area contributed by atoms with Gasteiger partial charge in [0.2, 0.25) is 11.8 Å². The summed E-state index contributed by atoms with van der Waals surface area (Å²) in [5, 5.41) is 2.96. The number of amides is 1. The molecule has 3 rings (SSSR count). The summed E-state index contributed by atoms with van der Waals surface area (Å²) in [7, 11) is 0. The van der Waals surface area contributed by atoms with Crippen LogP contribution in [0.4, 0.5) is 5.69 Å². The van der Waals surface area contributed by atoms with Crippen LogP contribution >= 0.6 is 0 Å². The van der Waals surface area contributed by atoms with E-state index in [1.807, 2.05) is 38.1 Å². The highest BCUT2D eigenvalue weighted by atomic mass is 16.3. The molecule has 2 aromatic carbocycles. The molecule has 0 aliphatic rings. The first-order valence-corrected chi connectivity index (χ1v) is 8.76. The number of hydrogen-bond donors (Lipinski definition) is 1. The molecular weight excluding hydrogens is 312 g/mol. The minimum Gasteiger partial charge on any atom is -0.436 e. The maximum Gasteiger partial charge on any atom is 0.227 e. The molecule has 0 fully saturated rings. The monoisotopic (exact) mass is 336 g/mol. The number of carbonyl (C=O) groups excluding carboxylic acids is 1. The second-order valence-corrected chi connectivity index (χ2v) is 6.63. The van der Waals surface area contributed by atoms with E-state index in [-0.39, 0.29) is 5.91 Å². The van der Waals surface area contributed by atoms with E-state index in [2.05, 4.69) is 30.2 Å². The maximum absolute atomic E-state index is 12.0. The fourth-order valence-corrected chi connectivity index (χ4v) is 2.98. The van der Waals surface area contributed by atoms with Gasteiger partial charge < -0.3 is 9.73 Å². The van der Waals surface area contributed by atoms with Crippen molar-refractivity contribution in [2.75, 3.05) is 5.32 Å². The van der Waals surface area contributed by atoms with E-state index in [0.29, 0.717) is 12.3 Å². The van der Waals surface area contributed by atoms with Crippen molar-refractivity contribution in [1.82, 2.24) is 4.98 Å². The Hall–Kier alpha value is -2.62. The van der Waals surface area contributed by atoms with Crippen LogP contribution in [0, 0.1) is 20.8 Å². The van der Waals surface area contributed by atoms with Gasteiger partial charge in [-0.3, -0.25) is 4.79 Å². The SMILES string of the molecule is CCCCC(=O)Nc1ccc(C)c(-c2nc3cc(C)cc(C)c3o2)c1. The Kier molecular flexibility index (Phi) is 4.88. The largest absolute Gasteiger partial charge is 0.436 e. The molecule has 4 heteroatoms. The van der Waals surface area contributed by atoms with Gasteiger partial charge in [-0.2, -0.15) is 0 Å². The van der Waals surface area contributed by atoms with Crippen molar-refractivity contribution in [3.05, 3.63) is 47.0 Å². The number of fused-ring (bicyclic) bond motifs is 1. The third-order valence-electron chi connectivity index (χ3n) is 4.33. The van der Waals surface area contributed by atoms with Crippen LogP contribution in [0.3, 0.4) is 0 Å². The number of aromatic nitrogens is 1. The fourth-order valence-electron chi connectivity index (χ4n) is 2.98. The first-order valence-electron chi connectivity index (χ1n) is 8.76. The molecule has 130 valence electrons. The normalized spacial score (nSPS) is 11.0. The molecule has 0 unspecified atom stereocenters. The molecule has 0 saturated carbocycles. The Labute approximate surface area is 148 Å². The van der Waals surface area contributed by atoms with Gasteiger partial charge in [-0.25, -0.2) is 4.98 Å². The van der Waals surface area contributed by atoms with Crippen LogP contribution in [0.15, 0.2) is 34.7 Å². The van der Waals surface area contributed by atoms with Gasteiger partial charge in [0, 0.05) is 17.7 Å². The van der Waals surface area contributed by atoms with Crippen molar-refractivity contribution in [1.29, 1.82) is 0 Å². The zero-order valence-corrected chi connectivity index (χ0v) is 15.3.